The molecule has 5 heteroatoms. The molecule has 0 atom stereocenters. The molecule has 0 saturated carbocycles. The summed E-state index contributed by atoms with van der Waals surface area (Å²) in [5.41, 5.74) is 0.429. The van der Waals surface area contributed by atoms with Crippen molar-refractivity contribution in [2.24, 2.45) is 0 Å². The van der Waals surface area contributed by atoms with E-state index in [4.69, 9.17) is 4.52 Å². The maximum atomic E-state index is 13.4. The lowest BCUT2D eigenvalue weighted by Crippen LogP contribution is -1.86. The number of halogens is 2. The number of hydrogen-bond acceptors (Lipinski definition) is 3. The highest BCUT2D eigenvalue weighted by atomic mass is 79.9. The van der Waals surface area contributed by atoms with Gasteiger partial charge in [-0.3, -0.25) is 4.79 Å². The number of hydrogen-bond donors (Lipinski definition) is 0. The van der Waals surface area contributed by atoms with Gasteiger partial charge in [-0.15, -0.1) is 0 Å². The summed E-state index contributed by atoms with van der Waals surface area (Å²) in [6, 6.07) is 6.03. The van der Waals surface area contributed by atoms with Crippen LogP contribution in [-0.2, 0) is 0 Å². The third-order valence-electron chi connectivity index (χ3n) is 1.92. The van der Waals surface area contributed by atoms with Crippen molar-refractivity contribution in [3.63, 3.8) is 0 Å². The Hall–Kier alpha value is -1.49. The van der Waals surface area contributed by atoms with Crippen molar-refractivity contribution in [1.29, 1.82) is 0 Å². The van der Waals surface area contributed by atoms with Gasteiger partial charge in [0.25, 0.3) is 0 Å². The monoisotopic (exact) mass is 269 g/mol. The summed E-state index contributed by atoms with van der Waals surface area (Å²) in [4.78, 5) is 10.7. The van der Waals surface area contributed by atoms with Gasteiger partial charge in [0.2, 0.25) is 0 Å². The predicted octanol–water partition coefficient (Wildman–Crippen LogP) is 3.06. The summed E-state index contributed by atoms with van der Waals surface area (Å²) in [5.74, 6) is -0.320. The first-order valence-electron chi connectivity index (χ1n) is 4.09. The largest absolute Gasteiger partial charge is 0.354 e. The van der Waals surface area contributed by atoms with Crippen LogP contribution < -0.4 is 0 Å². The van der Waals surface area contributed by atoms with Crippen LogP contribution in [0.1, 0.15) is 10.4 Å². The molecule has 3 nitrogen and oxygen atoms in total. The average molecular weight is 270 g/mol. The van der Waals surface area contributed by atoms with Gasteiger partial charge in [-0.05, 0) is 28.1 Å². The van der Waals surface area contributed by atoms with Crippen molar-refractivity contribution < 1.29 is 13.7 Å². The SMILES string of the molecule is O=Cc1c(Br)noc1-c1ccccc1F. The van der Waals surface area contributed by atoms with E-state index in [-0.39, 0.29) is 21.5 Å². The molecule has 0 amide bonds. The van der Waals surface area contributed by atoms with Crippen molar-refractivity contribution in [1.82, 2.24) is 5.16 Å². The number of carbonyl (C=O) groups excluding carboxylic acids is 1. The van der Waals surface area contributed by atoms with Crippen LogP contribution in [0.2, 0.25) is 0 Å². The van der Waals surface area contributed by atoms with Gasteiger partial charge in [0, 0.05) is 0 Å². The van der Waals surface area contributed by atoms with Gasteiger partial charge in [0.1, 0.15) is 5.82 Å². The third-order valence-corrected chi connectivity index (χ3v) is 2.49. The second kappa shape index (κ2) is 3.94. The fourth-order valence-electron chi connectivity index (χ4n) is 1.22. The van der Waals surface area contributed by atoms with Crippen molar-refractivity contribution in [3.05, 3.63) is 40.2 Å². The molecule has 2 aromatic rings. The van der Waals surface area contributed by atoms with E-state index in [2.05, 4.69) is 21.1 Å². The molecule has 2 rings (SSSR count). The fourth-order valence-corrected chi connectivity index (χ4v) is 1.57. The van der Waals surface area contributed by atoms with Gasteiger partial charge in [0.15, 0.2) is 16.6 Å². The standard InChI is InChI=1S/C10H5BrFNO2/c11-10-7(5-14)9(15-13-10)6-3-1-2-4-8(6)12/h1-5H. The van der Waals surface area contributed by atoms with E-state index >= 15 is 0 Å². The fraction of sp³-hybridized carbons (Fsp3) is 0. The molecule has 0 aliphatic carbocycles. The van der Waals surface area contributed by atoms with Gasteiger partial charge in [-0.25, -0.2) is 4.39 Å². The normalized spacial score (nSPS) is 10.3. The first kappa shape index (κ1) is 10.0. The first-order chi connectivity index (χ1) is 7.24. The zero-order valence-corrected chi connectivity index (χ0v) is 8.99. The molecule has 0 spiro atoms. The molecular formula is C10H5BrFNO2. The average Bonchev–Trinajstić information content (AvgIpc) is 2.60. The van der Waals surface area contributed by atoms with Crippen LogP contribution in [0, 0.1) is 5.82 Å². The van der Waals surface area contributed by atoms with Gasteiger partial charge >= 0.3 is 0 Å². The third kappa shape index (κ3) is 1.70. The Morgan fingerprint density at radius 1 is 1.40 bits per heavy atom. The number of carbonyl (C=O) groups is 1. The predicted molar refractivity (Wildman–Crippen MR) is 55.0 cm³/mol. The van der Waals surface area contributed by atoms with E-state index < -0.39 is 5.82 Å². The van der Waals surface area contributed by atoms with E-state index in [1.54, 1.807) is 12.1 Å². The van der Waals surface area contributed by atoms with Crippen LogP contribution in [0.3, 0.4) is 0 Å². The molecule has 0 unspecified atom stereocenters. The Labute approximate surface area is 93.0 Å². The lowest BCUT2D eigenvalue weighted by Gasteiger charge is -1.97. The van der Waals surface area contributed by atoms with Crippen molar-refractivity contribution in [3.8, 4) is 11.3 Å². The second-order valence-electron chi connectivity index (χ2n) is 2.81. The first-order valence-corrected chi connectivity index (χ1v) is 4.88. The lowest BCUT2D eigenvalue weighted by atomic mass is 10.1. The lowest BCUT2D eigenvalue weighted by molar-refractivity contribution is 0.112. The number of aromatic nitrogens is 1. The Bertz CT molecular complexity index is 510. The second-order valence-corrected chi connectivity index (χ2v) is 3.57. The molecule has 1 aromatic carbocycles. The summed E-state index contributed by atoms with van der Waals surface area (Å²) in [6.07, 6.45) is 0.572. The van der Waals surface area contributed by atoms with E-state index in [1.165, 1.54) is 12.1 Å². The molecule has 0 aliphatic heterocycles. The number of benzene rings is 1. The summed E-state index contributed by atoms with van der Waals surface area (Å²) in [6.45, 7) is 0. The molecule has 0 aliphatic rings. The van der Waals surface area contributed by atoms with Crippen molar-refractivity contribution >= 4 is 22.2 Å². The van der Waals surface area contributed by atoms with Crippen molar-refractivity contribution in [2.75, 3.05) is 0 Å². The molecule has 0 radical (unpaired) electrons. The maximum absolute atomic E-state index is 13.4. The van der Waals surface area contributed by atoms with E-state index in [9.17, 15) is 9.18 Å². The highest BCUT2D eigenvalue weighted by molar-refractivity contribution is 9.10. The van der Waals surface area contributed by atoms with Gasteiger partial charge < -0.3 is 4.52 Å². The van der Waals surface area contributed by atoms with Crippen LogP contribution >= 0.6 is 15.9 Å². The topological polar surface area (TPSA) is 43.1 Å². The van der Waals surface area contributed by atoms with E-state index in [0.717, 1.165) is 0 Å². The summed E-state index contributed by atoms with van der Waals surface area (Å²) >= 11 is 3.04. The number of nitrogens with zero attached hydrogens (tertiary/aromatic N) is 1. The van der Waals surface area contributed by atoms with Crippen LogP contribution in [0.5, 0.6) is 0 Å². The van der Waals surface area contributed by atoms with Crippen molar-refractivity contribution in [2.45, 2.75) is 0 Å². The van der Waals surface area contributed by atoms with E-state index in [0.29, 0.717) is 6.29 Å². The minimum absolute atomic E-state index is 0.134. The molecule has 0 N–H and O–H groups in total. The molecular weight excluding hydrogens is 265 g/mol. The van der Waals surface area contributed by atoms with Crippen LogP contribution in [-0.4, -0.2) is 11.4 Å². The molecule has 0 saturated heterocycles. The molecule has 0 fully saturated rings. The Balaban J connectivity index is 2.64. The highest BCUT2D eigenvalue weighted by Crippen LogP contribution is 2.29. The minimum atomic E-state index is -0.454. The molecule has 1 aromatic heterocycles. The minimum Gasteiger partial charge on any atom is -0.354 e. The molecule has 76 valence electrons. The zero-order chi connectivity index (χ0) is 10.8. The Morgan fingerprint density at radius 3 is 2.80 bits per heavy atom. The molecule has 1 heterocycles. The number of aldehydes is 1. The van der Waals surface area contributed by atoms with Gasteiger partial charge in [-0.2, -0.15) is 0 Å². The summed E-state index contributed by atoms with van der Waals surface area (Å²) < 4.78 is 18.5. The van der Waals surface area contributed by atoms with Crippen LogP contribution in [0.4, 0.5) is 4.39 Å². The highest BCUT2D eigenvalue weighted by Gasteiger charge is 2.17. The van der Waals surface area contributed by atoms with Gasteiger partial charge in [0.05, 0.1) is 11.1 Å². The Kier molecular flexibility index (Phi) is 2.64. The van der Waals surface area contributed by atoms with Gasteiger partial charge in [-0.1, -0.05) is 17.3 Å². The van der Waals surface area contributed by atoms with Crippen LogP contribution in [0.25, 0.3) is 11.3 Å². The molecule has 15 heavy (non-hydrogen) atoms. The van der Waals surface area contributed by atoms with Crippen LogP contribution in [0.15, 0.2) is 33.4 Å². The maximum Gasteiger partial charge on any atom is 0.181 e. The summed E-state index contributed by atoms with van der Waals surface area (Å²) in [5, 5.41) is 3.55. The number of rotatable bonds is 2. The summed E-state index contributed by atoms with van der Waals surface area (Å²) in [7, 11) is 0. The smallest absolute Gasteiger partial charge is 0.181 e. The molecule has 0 bridgehead atoms. The van der Waals surface area contributed by atoms with E-state index in [1.807, 2.05) is 0 Å². The zero-order valence-electron chi connectivity index (χ0n) is 7.41. The quantitative estimate of drug-likeness (QED) is 0.787. The Morgan fingerprint density at radius 2 is 2.13 bits per heavy atom.